The minimum absolute atomic E-state index is 0.0973. The molecular weight excluding hydrogens is 350 g/mol. The van der Waals surface area contributed by atoms with Gasteiger partial charge in [0.05, 0.1) is 0 Å². The maximum Gasteiger partial charge on any atom is 0.573 e. The highest BCUT2D eigenvalue weighted by Gasteiger charge is 2.56. The van der Waals surface area contributed by atoms with Gasteiger partial charge in [-0.15, -0.1) is 13.2 Å². The fourth-order valence-electron chi connectivity index (χ4n) is 3.86. The van der Waals surface area contributed by atoms with E-state index in [-0.39, 0.29) is 5.56 Å². The van der Waals surface area contributed by atoms with Crippen LogP contribution < -0.4 is 4.74 Å². The van der Waals surface area contributed by atoms with Gasteiger partial charge in [0, 0.05) is 24.1 Å². The molecule has 0 bridgehead atoms. The van der Waals surface area contributed by atoms with Crippen molar-refractivity contribution in [3.8, 4) is 5.75 Å². The van der Waals surface area contributed by atoms with E-state index in [2.05, 4.69) is 4.74 Å². The molecule has 0 amide bonds. The van der Waals surface area contributed by atoms with Crippen molar-refractivity contribution in [2.24, 2.45) is 5.41 Å². The number of alkyl halides is 3. The Morgan fingerprint density at radius 3 is 2.12 bits per heavy atom. The number of halogens is 4. The quantitative estimate of drug-likeness (QED) is 0.830. The normalized spacial score (nSPS) is 19.5. The third-order valence-electron chi connectivity index (χ3n) is 4.88. The van der Waals surface area contributed by atoms with Gasteiger partial charge in [0.15, 0.2) is 0 Å². The van der Waals surface area contributed by atoms with Crippen molar-refractivity contribution < 1.29 is 27.4 Å². The molecule has 0 saturated carbocycles. The monoisotopic (exact) mass is 369 g/mol. The van der Waals surface area contributed by atoms with Gasteiger partial charge in [0.25, 0.3) is 0 Å². The highest BCUT2D eigenvalue weighted by Crippen LogP contribution is 2.50. The Hall–Kier alpha value is -2.12. The average molecular weight is 369 g/mol. The topological polar surface area (TPSA) is 32.7 Å². The summed E-state index contributed by atoms with van der Waals surface area (Å²) in [5, 5.41) is 11.6. The number of rotatable bonds is 4. The van der Waals surface area contributed by atoms with Gasteiger partial charge in [-0.2, -0.15) is 0 Å². The van der Waals surface area contributed by atoms with Crippen LogP contribution in [0.25, 0.3) is 0 Å². The van der Waals surface area contributed by atoms with Crippen molar-refractivity contribution in [2.45, 2.75) is 18.9 Å². The number of benzene rings is 2. The molecule has 0 aromatic heterocycles. The first-order chi connectivity index (χ1) is 12.1. The summed E-state index contributed by atoms with van der Waals surface area (Å²) in [6.45, 7) is 2.86. The van der Waals surface area contributed by atoms with Crippen molar-refractivity contribution >= 4 is 0 Å². The molecule has 1 heterocycles. The van der Waals surface area contributed by atoms with Gasteiger partial charge in [0.1, 0.15) is 17.2 Å². The van der Waals surface area contributed by atoms with Crippen molar-refractivity contribution in [1.29, 1.82) is 0 Å². The second-order valence-corrected chi connectivity index (χ2v) is 7.00. The minimum Gasteiger partial charge on any atom is -0.406 e. The van der Waals surface area contributed by atoms with E-state index < -0.39 is 28.9 Å². The molecule has 0 spiro atoms. The molecule has 7 heteroatoms. The van der Waals surface area contributed by atoms with Crippen LogP contribution in [-0.2, 0) is 5.60 Å². The van der Waals surface area contributed by atoms with Crippen molar-refractivity contribution in [3.63, 3.8) is 0 Å². The van der Waals surface area contributed by atoms with E-state index >= 15 is 0 Å². The number of likely N-dealkylation sites (tertiary alicyclic amines) is 1. The van der Waals surface area contributed by atoms with Gasteiger partial charge in [-0.25, -0.2) is 4.39 Å². The summed E-state index contributed by atoms with van der Waals surface area (Å²) in [7, 11) is 1.88. The number of hydrogen-bond donors (Lipinski definition) is 1. The number of nitrogens with zero attached hydrogens (tertiary/aromatic N) is 1. The predicted molar refractivity (Wildman–Crippen MR) is 88.1 cm³/mol. The largest absolute Gasteiger partial charge is 0.573 e. The SMILES string of the molecule is CN1CC(C)(C(O)(c2ccc(OC(F)(F)F)cc2)c2ccccc2F)C1. The molecule has 26 heavy (non-hydrogen) atoms. The molecule has 140 valence electrons. The van der Waals surface area contributed by atoms with Crippen LogP contribution in [-0.4, -0.2) is 36.5 Å². The number of ether oxygens (including phenoxy) is 1. The second kappa shape index (κ2) is 6.25. The van der Waals surface area contributed by atoms with Gasteiger partial charge in [-0.1, -0.05) is 37.3 Å². The fourth-order valence-corrected chi connectivity index (χ4v) is 3.86. The highest BCUT2D eigenvalue weighted by atomic mass is 19.4. The van der Waals surface area contributed by atoms with Crippen molar-refractivity contribution in [3.05, 3.63) is 65.5 Å². The lowest BCUT2D eigenvalue weighted by Gasteiger charge is -2.56. The molecule has 2 aromatic carbocycles. The first-order valence-electron chi connectivity index (χ1n) is 8.07. The van der Waals surface area contributed by atoms with Crippen LogP contribution in [0.5, 0.6) is 5.75 Å². The average Bonchev–Trinajstić information content (AvgIpc) is 2.52. The smallest absolute Gasteiger partial charge is 0.406 e. The Bertz CT molecular complexity index is 785. The van der Waals surface area contributed by atoms with Gasteiger partial charge in [-0.3, -0.25) is 0 Å². The summed E-state index contributed by atoms with van der Waals surface area (Å²) in [6.07, 6.45) is -4.80. The van der Waals surface area contributed by atoms with Gasteiger partial charge in [-0.05, 0) is 30.8 Å². The Morgan fingerprint density at radius 2 is 1.62 bits per heavy atom. The molecule has 1 aliphatic heterocycles. The first kappa shape index (κ1) is 18.7. The zero-order chi connectivity index (χ0) is 19.2. The zero-order valence-corrected chi connectivity index (χ0v) is 14.3. The van der Waals surface area contributed by atoms with Gasteiger partial charge in [0.2, 0.25) is 0 Å². The molecule has 1 atom stereocenters. The number of hydrogen-bond acceptors (Lipinski definition) is 3. The molecule has 1 unspecified atom stereocenters. The minimum atomic E-state index is -4.80. The van der Waals surface area contributed by atoms with E-state index in [9.17, 15) is 22.7 Å². The lowest BCUT2D eigenvalue weighted by Crippen LogP contribution is -2.63. The van der Waals surface area contributed by atoms with Crippen LogP contribution in [0.3, 0.4) is 0 Å². The van der Waals surface area contributed by atoms with E-state index in [1.54, 1.807) is 6.07 Å². The Labute approximate surface area is 148 Å². The zero-order valence-electron chi connectivity index (χ0n) is 14.3. The second-order valence-electron chi connectivity index (χ2n) is 7.00. The van der Waals surface area contributed by atoms with Crippen molar-refractivity contribution in [1.82, 2.24) is 4.90 Å². The standard InChI is InChI=1S/C19H19F4NO2/c1-17(11-24(2)12-17)18(25,15-5-3-4-6-16(15)20)13-7-9-14(10-8-13)26-19(21,22)23/h3-10,25H,11-12H2,1-2H3. The van der Waals surface area contributed by atoms with Crippen LogP contribution >= 0.6 is 0 Å². The number of aliphatic hydroxyl groups is 1. The van der Waals surface area contributed by atoms with Crippen LogP contribution in [0.2, 0.25) is 0 Å². The van der Waals surface area contributed by atoms with E-state index in [0.717, 1.165) is 12.1 Å². The summed E-state index contributed by atoms with van der Waals surface area (Å²) >= 11 is 0. The fraction of sp³-hybridized carbons (Fsp3) is 0.368. The lowest BCUT2D eigenvalue weighted by molar-refractivity contribution is -0.274. The predicted octanol–water partition coefficient (Wildman–Crippen LogP) is 3.91. The molecule has 1 saturated heterocycles. The molecule has 0 aliphatic carbocycles. The summed E-state index contributed by atoms with van der Waals surface area (Å²) in [5.41, 5.74) is -1.98. The Morgan fingerprint density at radius 1 is 1.04 bits per heavy atom. The summed E-state index contributed by atoms with van der Waals surface area (Å²) in [5.74, 6) is -0.964. The van der Waals surface area contributed by atoms with E-state index in [0.29, 0.717) is 18.7 Å². The molecule has 3 rings (SSSR count). The molecule has 2 aromatic rings. The van der Waals surface area contributed by atoms with E-state index in [1.807, 2.05) is 18.9 Å². The van der Waals surface area contributed by atoms with Crippen LogP contribution in [0.4, 0.5) is 17.6 Å². The molecule has 0 radical (unpaired) electrons. The van der Waals surface area contributed by atoms with Crippen LogP contribution in [0.15, 0.2) is 48.5 Å². The van der Waals surface area contributed by atoms with Crippen molar-refractivity contribution in [2.75, 3.05) is 20.1 Å². The maximum absolute atomic E-state index is 14.5. The first-order valence-corrected chi connectivity index (χ1v) is 8.07. The highest BCUT2D eigenvalue weighted by molar-refractivity contribution is 5.43. The summed E-state index contributed by atoms with van der Waals surface area (Å²) < 4.78 is 55.5. The van der Waals surface area contributed by atoms with Gasteiger partial charge < -0.3 is 14.7 Å². The molecule has 1 fully saturated rings. The van der Waals surface area contributed by atoms with E-state index in [4.69, 9.17) is 0 Å². The molecular formula is C19H19F4NO2. The molecule has 1 aliphatic rings. The third-order valence-corrected chi connectivity index (χ3v) is 4.88. The van der Waals surface area contributed by atoms with Crippen LogP contribution in [0, 0.1) is 11.2 Å². The Kier molecular flexibility index (Phi) is 4.48. The Balaban J connectivity index is 2.06. The van der Waals surface area contributed by atoms with Gasteiger partial charge >= 0.3 is 6.36 Å². The molecule has 1 N–H and O–H groups in total. The lowest BCUT2D eigenvalue weighted by atomic mass is 9.62. The van der Waals surface area contributed by atoms with E-state index in [1.165, 1.54) is 30.3 Å². The molecule has 3 nitrogen and oxygen atoms in total. The summed E-state index contributed by atoms with van der Waals surface area (Å²) in [6, 6.07) is 10.8. The summed E-state index contributed by atoms with van der Waals surface area (Å²) in [4.78, 5) is 1.98. The maximum atomic E-state index is 14.5. The van der Waals surface area contributed by atoms with Crippen LogP contribution in [0.1, 0.15) is 18.1 Å². The third kappa shape index (κ3) is 3.17.